The van der Waals surface area contributed by atoms with Gasteiger partial charge >= 0.3 is 0 Å². The lowest BCUT2D eigenvalue weighted by atomic mass is 9.94. The second-order valence-corrected chi connectivity index (χ2v) is 6.65. The van der Waals surface area contributed by atoms with Crippen LogP contribution in [0.2, 0.25) is 0 Å². The minimum atomic E-state index is -0.949. The normalized spacial score (nSPS) is 15.9. The third-order valence-electron chi connectivity index (χ3n) is 4.82. The Morgan fingerprint density at radius 2 is 1.69 bits per heavy atom. The van der Waals surface area contributed by atoms with Gasteiger partial charge in [0.05, 0.1) is 6.04 Å². The Kier molecular flexibility index (Phi) is 8.93. The van der Waals surface area contributed by atoms with Gasteiger partial charge in [-0.15, -0.1) is 0 Å². The van der Waals surface area contributed by atoms with Crippen LogP contribution >= 0.6 is 0 Å². The number of amides is 2. The molecule has 1 aromatic rings. The highest BCUT2D eigenvalue weighted by atomic mass is 16.2. The first-order chi connectivity index (χ1) is 12.4. The van der Waals surface area contributed by atoms with Crippen molar-refractivity contribution >= 4 is 24.2 Å². The average Bonchev–Trinajstić information content (AvgIpc) is 2.68. The van der Waals surface area contributed by atoms with Crippen molar-refractivity contribution in [1.82, 2.24) is 4.90 Å². The molecule has 1 aromatic carbocycles. The zero-order valence-corrected chi connectivity index (χ0v) is 16.0. The molecule has 0 saturated carbocycles. The van der Waals surface area contributed by atoms with Gasteiger partial charge in [-0.2, -0.15) is 0 Å². The molecule has 141 valence electrons. The van der Waals surface area contributed by atoms with E-state index in [1.54, 1.807) is 6.08 Å². The van der Waals surface area contributed by atoms with E-state index in [-0.39, 0.29) is 11.8 Å². The molecule has 0 aliphatic heterocycles. The van der Waals surface area contributed by atoms with Crippen LogP contribution < -0.4 is 5.73 Å². The summed E-state index contributed by atoms with van der Waals surface area (Å²) in [4.78, 5) is 38.2. The van der Waals surface area contributed by atoms with Crippen molar-refractivity contribution in [3.63, 3.8) is 0 Å². The molecule has 0 unspecified atom stereocenters. The number of carbonyl (C=O) groups excluding carboxylic acids is 3. The number of nitrogens with two attached hydrogens (primary N) is 1. The second-order valence-electron chi connectivity index (χ2n) is 6.65. The molecule has 2 amide bonds. The average molecular weight is 357 g/mol. The number of benzene rings is 1. The summed E-state index contributed by atoms with van der Waals surface area (Å²) in [5, 5.41) is 0. The molecule has 0 bridgehead atoms. The van der Waals surface area contributed by atoms with Gasteiger partial charge in [-0.3, -0.25) is 19.3 Å². The largest absolute Gasteiger partial charge is 0.320 e. The van der Waals surface area contributed by atoms with Crippen LogP contribution in [0.5, 0.6) is 0 Å². The fourth-order valence-corrected chi connectivity index (χ4v) is 2.50. The molecule has 5 nitrogen and oxygen atoms in total. The molecule has 0 saturated heterocycles. The fourth-order valence-electron chi connectivity index (χ4n) is 2.50. The molecule has 0 aromatic heterocycles. The van der Waals surface area contributed by atoms with Crippen LogP contribution in [-0.2, 0) is 14.4 Å². The summed E-state index contributed by atoms with van der Waals surface area (Å²) in [6, 6.07) is 7.49. The van der Waals surface area contributed by atoms with Crippen molar-refractivity contribution in [1.29, 1.82) is 0 Å². The van der Waals surface area contributed by atoms with Crippen LogP contribution in [-0.4, -0.2) is 35.1 Å². The second kappa shape index (κ2) is 10.7. The quantitative estimate of drug-likeness (QED) is 0.689. The van der Waals surface area contributed by atoms with Crippen molar-refractivity contribution in [3.8, 4) is 0 Å². The van der Waals surface area contributed by atoms with Crippen molar-refractivity contribution in [3.05, 3.63) is 42.0 Å². The molecule has 1 radical (unpaired) electrons. The van der Waals surface area contributed by atoms with Gasteiger partial charge in [0.15, 0.2) is 0 Å². The first kappa shape index (κ1) is 21.8. The SMILES string of the molecule is CC[C@H](C)[C@H](N)C(=O)N(C(=O)C=Cc1ccccc1)[C@H]([C]=O)[C@@H](C)CC. The summed E-state index contributed by atoms with van der Waals surface area (Å²) >= 11 is 0. The Morgan fingerprint density at radius 3 is 2.19 bits per heavy atom. The summed E-state index contributed by atoms with van der Waals surface area (Å²) in [6.07, 6.45) is 6.14. The van der Waals surface area contributed by atoms with Crippen molar-refractivity contribution in [2.75, 3.05) is 0 Å². The van der Waals surface area contributed by atoms with Gasteiger partial charge in [-0.1, -0.05) is 70.9 Å². The van der Waals surface area contributed by atoms with Crippen LogP contribution in [0.15, 0.2) is 36.4 Å². The summed E-state index contributed by atoms with van der Waals surface area (Å²) in [6.45, 7) is 7.50. The number of rotatable bonds is 9. The van der Waals surface area contributed by atoms with E-state index < -0.39 is 23.9 Å². The molecular weight excluding hydrogens is 328 g/mol. The van der Waals surface area contributed by atoms with Gasteiger partial charge < -0.3 is 5.73 Å². The molecule has 0 aliphatic carbocycles. The van der Waals surface area contributed by atoms with Gasteiger partial charge in [0.1, 0.15) is 6.04 Å². The number of hydrogen-bond acceptors (Lipinski definition) is 4. The molecule has 0 spiro atoms. The van der Waals surface area contributed by atoms with E-state index >= 15 is 0 Å². The third kappa shape index (κ3) is 5.63. The van der Waals surface area contributed by atoms with Crippen LogP contribution in [0.4, 0.5) is 0 Å². The van der Waals surface area contributed by atoms with Crippen molar-refractivity contribution < 1.29 is 14.4 Å². The first-order valence-corrected chi connectivity index (χ1v) is 9.10. The maximum atomic E-state index is 12.9. The van der Waals surface area contributed by atoms with Gasteiger partial charge in [-0.05, 0) is 23.5 Å². The Hall–Kier alpha value is -2.27. The molecule has 5 heteroatoms. The van der Waals surface area contributed by atoms with Crippen molar-refractivity contribution in [2.45, 2.75) is 52.6 Å². The topological polar surface area (TPSA) is 80.5 Å². The Bertz CT molecular complexity index is 627. The minimum absolute atomic E-state index is 0.0971. The van der Waals surface area contributed by atoms with E-state index in [0.717, 1.165) is 10.5 Å². The predicted octanol–water partition coefficient (Wildman–Crippen LogP) is 2.95. The zero-order chi connectivity index (χ0) is 19.7. The van der Waals surface area contributed by atoms with Crippen LogP contribution in [0.1, 0.15) is 46.1 Å². The first-order valence-electron chi connectivity index (χ1n) is 9.10. The van der Waals surface area contributed by atoms with E-state index in [1.807, 2.05) is 64.3 Å². The molecule has 0 aliphatic rings. The highest BCUT2D eigenvalue weighted by Crippen LogP contribution is 2.18. The molecule has 26 heavy (non-hydrogen) atoms. The van der Waals surface area contributed by atoms with E-state index in [0.29, 0.717) is 12.8 Å². The highest BCUT2D eigenvalue weighted by molar-refractivity contribution is 6.06. The molecule has 2 N–H and O–H groups in total. The van der Waals surface area contributed by atoms with Gasteiger partial charge in [0, 0.05) is 6.08 Å². The van der Waals surface area contributed by atoms with Crippen LogP contribution in [0, 0.1) is 11.8 Å². The zero-order valence-electron chi connectivity index (χ0n) is 16.0. The summed E-state index contributed by atoms with van der Waals surface area (Å²) in [5.74, 6) is -1.38. The van der Waals surface area contributed by atoms with E-state index in [2.05, 4.69) is 0 Å². The summed E-state index contributed by atoms with van der Waals surface area (Å²) in [5.41, 5.74) is 6.88. The number of carbonyl (C=O) groups is 2. The smallest absolute Gasteiger partial charge is 0.253 e. The Labute approximate surface area is 156 Å². The van der Waals surface area contributed by atoms with Crippen molar-refractivity contribution in [2.24, 2.45) is 17.6 Å². The monoisotopic (exact) mass is 357 g/mol. The standard InChI is InChI=1S/C21H29N2O3/c1-5-15(3)18(14-24)23(21(26)20(22)16(4)6-2)19(25)13-12-17-10-8-7-9-11-17/h7-13,15-16,18,20H,5-6,22H2,1-4H3/t15-,16-,18+,20-/m0/s1. The lowest BCUT2D eigenvalue weighted by Gasteiger charge is -2.32. The fraction of sp³-hybridized carbons (Fsp3) is 0.476. The number of nitrogens with zero attached hydrogens (tertiary/aromatic N) is 1. The third-order valence-corrected chi connectivity index (χ3v) is 4.82. The molecule has 4 atom stereocenters. The molecule has 0 fully saturated rings. The predicted molar refractivity (Wildman–Crippen MR) is 104 cm³/mol. The maximum Gasteiger partial charge on any atom is 0.253 e. The Balaban J connectivity index is 3.17. The maximum absolute atomic E-state index is 12.9. The Morgan fingerprint density at radius 1 is 1.12 bits per heavy atom. The van der Waals surface area contributed by atoms with Gasteiger partial charge in [0.2, 0.25) is 12.2 Å². The van der Waals surface area contributed by atoms with Gasteiger partial charge in [0.25, 0.3) is 5.91 Å². The molecule has 0 heterocycles. The molecular formula is C21H29N2O3. The number of imide groups is 1. The van der Waals surface area contributed by atoms with E-state index in [1.165, 1.54) is 6.08 Å². The van der Waals surface area contributed by atoms with Gasteiger partial charge in [-0.25, -0.2) is 0 Å². The number of hydrogen-bond donors (Lipinski definition) is 1. The van der Waals surface area contributed by atoms with E-state index in [4.69, 9.17) is 5.73 Å². The van der Waals surface area contributed by atoms with Crippen LogP contribution in [0.25, 0.3) is 6.08 Å². The molecule has 1 rings (SSSR count). The lowest BCUT2D eigenvalue weighted by Crippen LogP contribution is -2.55. The van der Waals surface area contributed by atoms with Crippen LogP contribution in [0.3, 0.4) is 0 Å². The van der Waals surface area contributed by atoms with E-state index in [9.17, 15) is 14.4 Å². The summed E-state index contributed by atoms with van der Waals surface area (Å²) < 4.78 is 0. The lowest BCUT2D eigenvalue weighted by molar-refractivity contribution is -0.146. The highest BCUT2D eigenvalue weighted by Gasteiger charge is 2.36. The minimum Gasteiger partial charge on any atom is -0.320 e. The summed E-state index contributed by atoms with van der Waals surface area (Å²) in [7, 11) is 0.